The van der Waals surface area contributed by atoms with Gasteiger partial charge >= 0.3 is 0 Å². The van der Waals surface area contributed by atoms with Crippen molar-refractivity contribution in [1.29, 1.82) is 0 Å². The number of fused-ring (bicyclic) bond motifs is 2. The van der Waals surface area contributed by atoms with Crippen LogP contribution in [0.1, 0.15) is 29.2 Å². The summed E-state index contributed by atoms with van der Waals surface area (Å²) < 4.78 is 37.4. The summed E-state index contributed by atoms with van der Waals surface area (Å²) in [6, 6.07) is 21.4. The number of methoxy groups -OCH3 is 1. The zero-order valence-electron chi connectivity index (χ0n) is 17.1. The monoisotopic (exact) mass is 421 g/mol. The molecule has 0 atom stereocenters. The van der Waals surface area contributed by atoms with E-state index >= 15 is 0 Å². The van der Waals surface area contributed by atoms with Crippen LogP contribution in [0.15, 0.2) is 66.7 Å². The van der Waals surface area contributed by atoms with E-state index < -0.39 is 10.0 Å². The van der Waals surface area contributed by atoms with Crippen molar-refractivity contribution >= 4 is 26.9 Å². The topological polar surface area (TPSA) is 64.6 Å². The Kier molecular flexibility index (Phi) is 5.26. The van der Waals surface area contributed by atoms with E-state index in [0.717, 1.165) is 51.2 Å². The SMILES string of the molecule is COc1ccc2c(c1)COc1ccccc1C2=C(C)c1cccc(NS(C)(=O)=O)c1. The molecule has 1 aliphatic rings. The molecular formula is C24H23NO4S. The second-order valence-corrected chi connectivity index (χ2v) is 9.01. The lowest BCUT2D eigenvalue weighted by Crippen LogP contribution is -2.09. The second-order valence-electron chi connectivity index (χ2n) is 7.26. The second kappa shape index (κ2) is 7.88. The summed E-state index contributed by atoms with van der Waals surface area (Å²) in [6.45, 7) is 2.49. The van der Waals surface area contributed by atoms with Gasteiger partial charge < -0.3 is 9.47 Å². The van der Waals surface area contributed by atoms with Crippen molar-refractivity contribution in [2.45, 2.75) is 13.5 Å². The number of allylic oxidation sites excluding steroid dienone is 1. The third-order valence-electron chi connectivity index (χ3n) is 5.10. The fraction of sp³-hybridized carbons (Fsp3) is 0.167. The van der Waals surface area contributed by atoms with Gasteiger partial charge in [-0.15, -0.1) is 0 Å². The normalized spacial score (nSPS) is 14.6. The molecule has 0 aromatic heterocycles. The Morgan fingerprint density at radius 2 is 1.80 bits per heavy atom. The van der Waals surface area contributed by atoms with Crippen LogP contribution in [-0.4, -0.2) is 21.8 Å². The quantitative estimate of drug-likeness (QED) is 0.648. The van der Waals surface area contributed by atoms with Gasteiger partial charge in [0.2, 0.25) is 10.0 Å². The van der Waals surface area contributed by atoms with Crippen LogP contribution >= 0.6 is 0 Å². The number of rotatable bonds is 4. The van der Waals surface area contributed by atoms with E-state index in [1.807, 2.05) is 61.5 Å². The molecule has 1 N–H and O–H groups in total. The highest BCUT2D eigenvalue weighted by Crippen LogP contribution is 2.42. The molecule has 0 fully saturated rings. The lowest BCUT2D eigenvalue weighted by molar-refractivity contribution is 0.306. The summed E-state index contributed by atoms with van der Waals surface area (Å²) >= 11 is 0. The first-order chi connectivity index (χ1) is 14.4. The maximum absolute atomic E-state index is 11.7. The Morgan fingerprint density at radius 1 is 1.00 bits per heavy atom. The molecule has 0 unspecified atom stereocenters. The Hall–Kier alpha value is -3.25. The lowest BCUT2D eigenvalue weighted by atomic mass is 9.88. The standard InChI is InChI=1S/C24H23NO4S/c1-16(17-7-6-8-19(13-17)25-30(3,26)27)24-21-12-11-20(28-2)14-18(21)15-29-23-10-5-4-9-22(23)24/h4-14,25H,15H2,1-3H3. The van der Waals surface area contributed by atoms with Crippen molar-refractivity contribution in [3.05, 3.63) is 89.0 Å². The molecule has 0 radical (unpaired) electrons. The Morgan fingerprint density at radius 3 is 2.57 bits per heavy atom. The zero-order valence-corrected chi connectivity index (χ0v) is 17.9. The van der Waals surface area contributed by atoms with E-state index in [-0.39, 0.29) is 0 Å². The van der Waals surface area contributed by atoms with Crippen LogP contribution in [-0.2, 0) is 16.6 Å². The van der Waals surface area contributed by atoms with Crippen LogP contribution in [0.2, 0.25) is 0 Å². The van der Waals surface area contributed by atoms with Gasteiger partial charge in [0, 0.05) is 16.8 Å². The van der Waals surface area contributed by atoms with Crippen LogP contribution in [0.5, 0.6) is 11.5 Å². The average Bonchev–Trinajstić information content (AvgIpc) is 2.88. The van der Waals surface area contributed by atoms with E-state index in [1.165, 1.54) is 0 Å². The van der Waals surface area contributed by atoms with Gasteiger partial charge in [-0.3, -0.25) is 4.72 Å². The van der Waals surface area contributed by atoms with Crippen LogP contribution in [0.25, 0.3) is 11.1 Å². The van der Waals surface area contributed by atoms with E-state index in [0.29, 0.717) is 12.3 Å². The molecule has 0 amide bonds. The molecule has 0 aliphatic carbocycles. The van der Waals surface area contributed by atoms with Crippen molar-refractivity contribution in [1.82, 2.24) is 0 Å². The fourth-order valence-corrected chi connectivity index (χ4v) is 4.29. The first-order valence-corrected chi connectivity index (χ1v) is 11.4. The molecule has 3 aromatic rings. The van der Waals surface area contributed by atoms with E-state index in [1.54, 1.807) is 13.2 Å². The lowest BCUT2D eigenvalue weighted by Gasteiger charge is -2.16. The largest absolute Gasteiger partial charge is 0.497 e. The van der Waals surface area contributed by atoms with Gasteiger partial charge in [0.05, 0.1) is 13.4 Å². The van der Waals surface area contributed by atoms with Crippen LogP contribution in [0.4, 0.5) is 5.69 Å². The molecule has 154 valence electrons. The van der Waals surface area contributed by atoms with Gasteiger partial charge in [-0.25, -0.2) is 8.42 Å². The smallest absolute Gasteiger partial charge is 0.229 e. The predicted octanol–water partition coefficient (Wildman–Crippen LogP) is 4.94. The number of nitrogens with one attached hydrogen (secondary N) is 1. The van der Waals surface area contributed by atoms with Gasteiger partial charge in [-0.2, -0.15) is 0 Å². The zero-order chi connectivity index (χ0) is 21.3. The van der Waals surface area contributed by atoms with Gasteiger partial charge in [0.1, 0.15) is 18.1 Å². The molecule has 0 saturated heterocycles. The van der Waals surface area contributed by atoms with Crippen molar-refractivity contribution in [3.8, 4) is 11.5 Å². The van der Waals surface area contributed by atoms with Gasteiger partial charge in [-0.05, 0) is 59.5 Å². The summed E-state index contributed by atoms with van der Waals surface area (Å²) in [5, 5.41) is 0. The molecule has 0 saturated carbocycles. The Bertz CT molecular complexity index is 1250. The summed E-state index contributed by atoms with van der Waals surface area (Å²) in [5.41, 5.74) is 6.64. The molecule has 1 heterocycles. The molecule has 0 spiro atoms. The number of para-hydroxylation sites is 1. The van der Waals surface area contributed by atoms with Crippen LogP contribution in [0, 0.1) is 0 Å². The maximum Gasteiger partial charge on any atom is 0.229 e. The minimum atomic E-state index is -3.36. The molecule has 0 bridgehead atoms. The minimum absolute atomic E-state index is 0.440. The summed E-state index contributed by atoms with van der Waals surface area (Å²) in [4.78, 5) is 0. The van der Waals surface area contributed by atoms with Gasteiger partial charge in [0.15, 0.2) is 0 Å². The predicted molar refractivity (Wildman–Crippen MR) is 120 cm³/mol. The third kappa shape index (κ3) is 4.04. The first kappa shape index (κ1) is 20.0. The molecule has 1 aliphatic heterocycles. The van der Waals surface area contributed by atoms with E-state index in [9.17, 15) is 8.42 Å². The number of anilines is 1. The molecule has 4 rings (SSSR count). The number of ether oxygens (including phenoxy) is 2. The van der Waals surface area contributed by atoms with Crippen molar-refractivity contribution < 1.29 is 17.9 Å². The van der Waals surface area contributed by atoms with Crippen LogP contribution in [0.3, 0.4) is 0 Å². The molecule has 3 aromatic carbocycles. The first-order valence-electron chi connectivity index (χ1n) is 9.54. The van der Waals surface area contributed by atoms with Crippen molar-refractivity contribution in [2.75, 3.05) is 18.1 Å². The molecule has 5 nitrogen and oxygen atoms in total. The summed E-state index contributed by atoms with van der Waals surface area (Å²) in [7, 11) is -1.71. The summed E-state index contributed by atoms with van der Waals surface area (Å²) in [6.07, 6.45) is 1.15. The number of hydrogen-bond acceptors (Lipinski definition) is 4. The maximum atomic E-state index is 11.7. The van der Waals surface area contributed by atoms with E-state index in [4.69, 9.17) is 9.47 Å². The van der Waals surface area contributed by atoms with Crippen LogP contribution < -0.4 is 14.2 Å². The number of hydrogen-bond donors (Lipinski definition) is 1. The molecular weight excluding hydrogens is 398 g/mol. The Labute approximate surface area is 177 Å². The molecule has 6 heteroatoms. The highest BCUT2D eigenvalue weighted by Gasteiger charge is 2.22. The van der Waals surface area contributed by atoms with E-state index in [2.05, 4.69) is 10.8 Å². The van der Waals surface area contributed by atoms with Crippen molar-refractivity contribution in [2.24, 2.45) is 0 Å². The average molecular weight is 422 g/mol. The third-order valence-corrected chi connectivity index (χ3v) is 5.70. The van der Waals surface area contributed by atoms with Crippen molar-refractivity contribution in [3.63, 3.8) is 0 Å². The highest BCUT2D eigenvalue weighted by atomic mass is 32.2. The number of benzene rings is 3. The fourth-order valence-electron chi connectivity index (χ4n) is 3.74. The van der Waals surface area contributed by atoms with Gasteiger partial charge in [0.25, 0.3) is 0 Å². The Balaban J connectivity index is 1.94. The molecule has 30 heavy (non-hydrogen) atoms. The number of sulfonamides is 1. The highest BCUT2D eigenvalue weighted by molar-refractivity contribution is 7.92. The summed E-state index contributed by atoms with van der Waals surface area (Å²) in [5.74, 6) is 1.59. The minimum Gasteiger partial charge on any atom is -0.497 e. The van der Waals surface area contributed by atoms with Gasteiger partial charge in [-0.1, -0.05) is 36.4 Å².